The average Bonchev–Trinajstić information content (AvgIpc) is 2.91. The van der Waals surface area contributed by atoms with Crippen molar-refractivity contribution in [1.29, 1.82) is 5.26 Å². The Bertz CT molecular complexity index is 831. The average molecular weight is 278 g/mol. The number of nitrogens with one attached hydrogen (secondary N) is 1. The third-order valence-electron chi connectivity index (χ3n) is 2.94. The number of nitrogens with zero attached hydrogens (tertiary/aromatic N) is 3. The van der Waals surface area contributed by atoms with Gasteiger partial charge in [-0.25, -0.2) is 4.98 Å². The number of rotatable bonds is 3. The van der Waals surface area contributed by atoms with E-state index in [-0.39, 0.29) is 12.3 Å². The fourth-order valence-electron chi connectivity index (χ4n) is 1.94. The Kier molecular flexibility index (Phi) is 3.31. The fraction of sp³-hybridized carbons (Fsp3) is 0.0667. The molecule has 6 heteroatoms. The van der Waals surface area contributed by atoms with Crippen LogP contribution in [0.2, 0.25) is 0 Å². The van der Waals surface area contributed by atoms with Crippen molar-refractivity contribution in [3.63, 3.8) is 0 Å². The number of anilines is 1. The van der Waals surface area contributed by atoms with Gasteiger partial charge in [0.05, 0.1) is 12.0 Å². The molecule has 21 heavy (non-hydrogen) atoms. The molecule has 0 fully saturated rings. The minimum absolute atomic E-state index is 0.0959. The Morgan fingerprint density at radius 1 is 1.29 bits per heavy atom. The first-order chi connectivity index (χ1) is 10.3. The van der Waals surface area contributed by atoms with Crippen molar-refractivity contribution in [1.82, 2.24) is 10.1 Å². The van der Waals surface area contributed by atoms with Gasteiger partial charge in [-0.05, 0) is 24.3 Å². The van der Waals surface area contributed by atoms with E-state index in [0.717, 1.165) is 5.39 Å². The van der Waals surface area contributed by atoms with Gasteiger partial charge in [0.2, 0.25) is 5.91 Å². The van der Waals surface area contributed by atoms with Crippen LogP contribution in [0.5, 0.6) is 0 Å². The topological polar surface area (TPSA) is 91.8 Å². The highest BCUT2D eigenvalue weighted by Gasteiger charge is 2.12. The summed E-state index contributed by atoms with van der Waals surface area (Å²) in [7, 11) is 0. The number of nitriles is 1. The Hall–Kier alpha value is -3.20. The van der Waals surface area contributed by atoms with Crippen molar-refractivity contribution in [2.75, 3.05) is 5.32 Å². The standard InChI is InChI=1S/C15H10N4O2/c16-8-10-5-6-14(17-9-10)18-15(20)7-12-11-3-1-2-4-13(11)21-19-12/h1-6,9H,7H2,(H,17,18,20). The lowest BCUT2D eigenvalue weighted by Gasteiger charge is -2.02. The molecule has 0 spiro atoms. The summed E-state index contributed by atoms with van der Waals surface area (Å²) in [6, 6.07) is 12.5. The summed E-state index contributed by atoms with van der Waals surface area (Å²) < 4.78 is 5.15. The van der Waals surface area contributed by atoms with Gasteiger partial charge in [-0.1, -0.05) is 17.3 Å². The largest absolute Gasteiger partial charge is 0.356 e. The van der Waals surface area contributed by atoms with Crippen LogP contribution in [-0.4, -0.2) is 16.0 Å². The second kappa shape index (κ2) is 5.43. The Labute approximate surface area is 120 Å². The van der Waals surface area contributed by atoms with Crippen molar-refractivity contribution in [2.45, 2.75) is 6.42 Å². The van der Waals surface area contributed by atoms with Crippen LogP contribution in [-0.2, 0) is 11.2 Å². The number of fused-ring (bicyclic) bond motifs is 1. The molecule has 2 heterocycles. The van der Waals surface area contributed by atoms with E-state index in [9.17, 15) is 4.79 Å². The van der Waals surface area contributed by atoms with Gasteiger partial charge < -0.3 is 9.84 Å². The van der Waals surface area contributed by atoms with Crippen molar-refractivity contribution in [3.05, 3.63) is 53.9 Å². The molecule has 2 aromatic heterocycles. The molecular formula is C15H10N4O2. The van der Waals surface area contributed by atoms with E-state index in [1.807, 2.05) is 24.3 Å². The molecule has 0 aliphatic rings. The highest BCUT2D eigenvalue weighted by molar-refractivity contribution is 5.93. The van der Waals surface area contributed by atoms with E-state index in [4.69, 9.17) is 9.78 Å². The Balaban J connectivity index is 1.73. The summed E-state index contributed by atoms with van der Waals surface area (Å²) in [6.45, 7) is 0. The van der Waals surface area contributed by atoms with E-state index in [0.29, 0.717) is 22.7 Å². The maximum atomic E-state index is 12.0. The van der Waals surface area contributed by atoms with Crippen LogP contribution in [0.15, 0.2) is 47.1 Å². The zero-order valence-corrected chi connectivity index (χ0v) is 10.9. The molecule has 0 saturated heterocycles. The summed E-state index contributed by atoms with van der Waals surface area (Å²) in [6.07, 6.45) is 1.50. The van der Waals surface area contributed by atoms with Crippen molar-refractivity contribution >= 4 is 22.7 Å². The van der Waals surface area contributed by atoms with E-state index < -0.39 is 0 Å². The number of hydrogen-bond acceptors (Lipinski definition) is 5. The maximum Gasteiger partial charge on any atom is 0.231 e. The van der Waals surface area contributed by atoms with Crippen molar-refractivity contribution in [2.24, 2.45) is 0 Å². The van der Waals surface area contributed by atoms with Crippen LogP contribution < -0.4 is 5.32 Å². The number of carbonyl (C=O) groups excluding carboxylic acids is 1. The monoisotopic (exact) mass is 278 g/mol. The van der Waals surface area contributed by atoms with Crippen LogP contribution in [0.1, 0.15) is 11.3 Å². The highest BCUT2D eigenvalue weighted by Crippen LogP contribution is 2.18. The molecule has 1 aromatic carbocycles. The Morgan fingerprint density at radius 2 is 2.14 bits per heavy atom. The quantitative estimate of drug-likeness (QED) is 0.793. The van der Waals surface area contributed by atoms with Crippen LogP contribution in [0.3, 0.4) is 0 Å². The lowest BCUT2D eigenvalue weighted by molar-refractivity contribution is -0.115. The van der Waals surface area contributed by atoms with Crippen molar-refractivity contribution in [3.8, 4) is 6.07 Å². The van der Waals surface area contributed by atoms with Gasteiger partial charge in [0.15, 0.2) is 5.58 Å². The molecule has 0 atom stereocenters. The highest BCUT2D eigenvalue weighted by atomic mass is 16.5. The van der Waals surface area contributed by atoms with Gasteiger partial charge >= 0.3 is 0 Å². The summed E-state index contributed by atoms with van der Waals surface area (Å²) >= 11 is 0. The smallest absolute Gasteiger partial charge is 0.231 e. The predicted molar refractivity (Wildman–Crippen MR) is 75.3 cm³/mol. The SMILES string of the molecule is N#Cc1ccc(NC(=O)Cc2noc3ccccc23)nc1. The first-order valence-electron chi connectivity index (χ1n) is 6.25. The van der Waals surface area contributed by atoms with Gasteiger partial charge in [0, 0.05) is 11.6 Å². The van der Waals surface area contributed by atoms with Crippen LogP contribution in [0.4, 0.5) is 5.82 Å². The number of benzene rings is 1. The minimum atomic E-state index is -0.244. The molecule has 0 unspecified atom stereocenters. The molecule has 1 amide bonds. The molecular weight excluding hydrogens is 268 g/mol. The first-order valence-corrected chi connectivity index (χ1v) is 6.25. The van der Waals surface area contributed by atoms with Gasteiger partial charge in [-0.3, -0.25) is 4.79 Å². The molecule has 6 nitrogen and oxygen atoms in total. The molecule has 1 N–H and O–H groups in total. The molecule has 3 rings (SSSR count). The summed E-state index contributed by atoms with van der Waals surface area (Å²) in [5, 5.41) is 16.1. The second-order valence-corrected chi connectivity index (χ2v) is 4.39. The van der Waals surface area contributed by atoms with Crippen LogP contribution in [0, 0.1) is 11.3 Å². The van der Waals surface area contributed by atoms with Gasteiger partial charge in [-0.15, -0.1) is 0 Å². The van der Waals surface area contributed by atoms with E-state index in [1.54, 1.807) is 18.2 Å². The normalized spacial score (nSPS) is 10.2. The molecule has 0 radical (unpaired) electrons. The molecule has 0 aliphatic heterocycles. The lowest BCUT2D eigenvalue weighted by Crippen LogP contribution is -2.15. The van der Waals surface area contributed by atoms with Crippen molar-refractivity contribution < 1.29 is 9.32 Å². The maximum absolute atomic E-state index is 12.0. The fourth-order valence-corrected chi connectivity index (χ4v) is 1.94. The second-order valence-electron chi connectivity index (χ2n) is 4.39. The lowest BCUT2D eigenvalue weighted by atomic mass is 10.1. The number of pyridine rings is 1. The summed E-state index contributed by atoms with van der Waals surface area (Å²) in [5.41, 5.74) is 1.67. The van der Waals surface area contributed by atoms with Gasteiger partial charge in [0.25, 0.3) is 0 Å². The van der Waals surface area contributed by atoms with Crippen LogP contribution >= 0.6 is 0 Å². The number of amides is 1. The van der Waals surface area contributed by atoms with E-state index in [2.05, 4.69) is 15.5 Å². The number of hydrogen-bond donors (Lipinski definition) is 1. The summed E-state index contributed by atoms with van der Waals surface area (Å²) in [5.74, 6) is 0.151. The third-order valence-corrected chi connectivity index (χ3v) is 2.94. The summed E-state index contributed by atoms with van der Waals surface area (Å²) in [4.78, 5) is 16.0. The number of para-hydroxylation sites is 1. The predicted octanol–water partition coefficient (Wildman–Crippen LogP) is 2.28. The number of aromatic nitrogens is 2. The molecule has 0 aliphatic carbocycles. The van der Waals surface area contributed by atoms with Gasteiger partial charge in [-0.2, -0.15) is 5.26 Å². The first kappa shape index (κ1) is 12.8. The zero-order chi connectivity index (χ0) is 14.7. The van der Waals surface area contributed by atoms with Crippen LogP contribution in [0.25, 0.3) is 11.0 Å². The molecule has 3 aromatic rings. The third kappa shape index (κ3) is 2.72. The molecule has 0 bridgehead atoms. The molecule has 102 valence electrons. The molecule has 0 saturated carbocycles. The van der Waals surface area contributed by atoms with E-state index >= 15 is 0 Å². The van der Waals surface area contributed by atoms with Gasteiger partial charge in [0.1, 0.15) is 17.6 Å². The number of carbonyl (C=O) groups is 1. The zero-order valence-electron chi connectivity index (χ0n) is 10.9. The minimum Gasteiger partial charge on any atom is -0.356 e. The van der Waals surface area contributed by atoms with E-state index in [1.165, 1.54) is 6.20 Å². The Morgan fingerprint density at radius 3 is 2.90 bits per heavy atom.